The van der Waals surface area contributed by atoms with Crippen LogP contribution in [0.15, 0.2) is 27.8 Å². The number of rotatable bonds is 2. The fraction of sp³-hybridized carbons (Fsp3) is 0.758. The van der Waals surface area contributed by atoms with E-state index in [2.05, 4.69) is 59.7 Å². The predicted molar refractivity (Wildman–Crippen MR) is 151 cm³/mol. The molecule has 1 unspecified atom stereocenters. The molecule has 0 saturated heterocycles. The van der Waals surface area contributed by atoms with Crippen LogP contribution in [0.25, 0.3) is 0 Å². The summed E-state index contributed by atoms with van der Waals surface area (Å²) >= 11 is 0. The van der Waals surface area contributed by atoms with Gasteiger partial charge in [0.15, 0.2) is 11.6 Å². The van der Waals surface area contributed by atoms with Crippen molar-refractivity contribution in [3.05, 3.63) is 35.0 Å². The summed E-state index contributed by atoms with van der Waals surface area (Å²) in [5.74, 6) is 1.52. The maximum absolute atomic E-state index is 14.6. The molecule has 0 aliphatic heterocycles. The number of nitrogens with two attached hydrogens (primary N) is 1. The first-order valence-electron chi connectivity index (χ1n) is 15.2. The van der Waals surface area contributed by atoms with Crippen LogP contribution in [0.1, 0.15) is 105 Å². The summed E-state index contributed by atoms with van der Waals surface area (Å²) in [6, 6.07) is 2.30. The molecule has 0 bridgehead atoms. The van der Waals surface area contributed by atoms with Crippen LogP contribution in [0, 0.1) is 56.2 Å². The van der Waals surface area contributed by atoms with Crippen molar-refractivity contribution in [2.75, 3.05) is 0 Å². The third kappa shape index (κ3) is 3.33. The molecule has 1 aromatic heterocycles. The molecule has 3 N–H and O–H groups in total. The van der Waals surface area contributed by atoms with Crippen LogP contribution in [0.2, 0.25) is 0 Å². The fourth-order valence-corrected chi connectivity index (χ4v) is 10.7. The van der Waals surface area contributed by atoms with Gasteiger partial charge in [-0.2, -0.15) is 10.2 Å². The van der Waals surface area contributed by atoms with Gasteiger partial charge in [0.1, 0.15) is 0 Å². The van der Waals surface area contributed by atoms with E-state index >= 15 is 0 Å². The normalized spacial score (nSPS) is 45.1. The molecule has 1 heterocycles. The number of carbonyl (C=O) groups is 1. The van der Waals surface area contributed by atoms with Crippen LogP contribution >= 0.6 is 0 Å². The summed E-state index contributed by atoms with van der Waals surface area (Å²) in [5, 5.41) is 25.6. The van der Waals surface area contributed by atoms with Gasteiger partial charge in [0.05, 0.1) is 24.3 Å². The molecule has 0 spiro atoms. The highest BCUT2D eigenvalue weighted by atomic mass is 16.5. The van der Waals surface area contributed by atoms with Crippen LogP contribution < -0.4 is 5.73 Å². The Morgan fingerprint density at radius 3 is 2.45 bits per heavy atom. The zero-order valence-corrected chi connectivity index (χ0v) is 25.3. The minimum atomic E-state index is -0.795. The van der Waals surface area contributed by atoms with E-state index in [0.717, 1.165) is 50.8 Å². The van der Waals surface area contributed by atoms with Crippen LogP contribution in [-0.4, -0.2) is 27.1 Å². The first-order valence-corrected chi connectivity index (χ1v) is 15.2. The fourth-order valence-electron chi connectivity index (χ4n) is 10.7. The Bertz CT molecular complexity index is 1370. The second kappa shape index (κ2) is 8.38. The van der Waals surface area contributed by atoms with E-state index in [1.54, 1.807) is 0 Å². The van der Waals surface area contributed by atoms with Gasteiger partial charge in [-0.25, -0.2) is 0 Å². The molecular weight excluding hydrogens is 500 g/mol. The largest absolute Gasteiger partial charge is 0.387 e. The van der Waals surface area contributed by atoms with Crippen molar-refractivity contribution in [3.63, 3.8) is 0 Å². The van der Waals surface area contributed by atoms with E-state index in [9.17, 15) is 15.2 Å². The Kier molecular flexibility index (Phi) is 5.84. The Hall–Kier alpha value is -2.30. The number of aliphatic hydroxyl groups excluding tert-OH is 1. The molecule has 7 nitrogen and oxygen atoms in total. The molecule has 5 aliphatic rings. The van der Waals surface area contributed by atoms with Crippen molar-refractivity contribution < 1.29 is 14.4 Å². The number of nitrogens with zero attached hydrogens (tertiary/aromatic N) is 3. The first-order chi connectivity index (χ1) is 18.6. The Morgan fingerprint density at radius 1 is 1.10 bits per heavy atom. The summed E-state index contributed by atoms with van der Waals surface area (Å²) in [5.41, 5.74) is 5.90. The lowest BCUT2D eigenvalue weighted by molar-refractivity contribution is -0.161. The van der Waals surface area contributed by atoms with E-state index < -0.39 is 16.9 Å². The second-order valence-electron chi connectivity index (χ2n) is 15.8. The predicted octanol–water partition coefficient (Wildman–Crippen LogP) is 5.79. The summed E-state index contributed by atoms with van der Waals surface area (Å²) in [6.45, 7) is 16.0. The highest BCUT2D eigenvalue weighted by Gasteiger charge is 2.70. The minimum Gasteiger partial charge on any atom is -0.387 e. The summed E-state index contributed by atoms with van der Waals surface area (Å²) in [4.78, 5) is 19.4. The van der Waals surface area contributed by atoms with E-state index in [-0.39, 0.29) is 51.7 Å². The number of carbonyl (C=O) groups excluding carboxylic acids is 1. The zero-order chi connectivity index (χ0) is 29.1. The molecule has 7 heteroatoms. The maximum Gasteiger partial charge on any atom is 0.240 e. The van der Waals surface area contributed by atoms with Crippen LogP contribution in [0.3, 0.4) is 0 Å². The highest BCUT2D eigenvalue weighted by Crippen LogP contribution is 2.74. The molecule has 8 atom stereocenters. The van der Waals surface area contributed by atoms with Gasteiger partial charge in [-0.05, 0) is 84.5 Å². The highest BCUT2D eigenvalue weighted by molar-refractivity contribution is 5.95. The van der Waals surface area contributed by atoms with Gasteiger partial charge in [0.25, 0.3) is 0 Å². The van der Waals surface area contributed by atoms with Crippen molar-refractivity contribution in [1.82, 2.24) is 10.1 Å². The molecule has 0 amide bonds. The van der Waals surface area contributed by atoms with Gasteiger partial charge in [0.2, 0.25) is 5.89 Å². The third-order valence-electron chi connectivity index (χ3n) is 13.2. The average Bonchev–Trinajstić information content (AvgIpc) is 3.37. The average molecular weight is 547 g/mol. The SMILES string of the molecule is CC1(C)CC[C@]2(c3noc(CN)n3)CC[C@]3(C)[C@H](C(=O)C=C4[C@@]5(C)C=C(C#N)C(O)C(C)(C)[C@@H]5CC[C@]43C)[C@@H]2C1. The van der Waals surface area contributed by atoms with E-state index in [0.29, 0.717) is 11.5 Å². The van der Waals surface area contributed by atoms with Crippen molar-refractivity contribution in [2.24, 2.45) is 50.6 Å². The monoisotopic (exact) mass is 546 g/mol. The van der Waals surface area contributed by atoms with E-state index in [4.69, 9.17) is 15.2 Å². The van der Waals surface area contributed by atoms with Crippen LogP contribution in [-0.2, 0) is 16.8 Å². The topological polar surface area (TPSA) is 126 Å². The molecule has 6 rings (SSSR count). The molecular formula is C33H46N4O3. The molecule has 3 fully saturated rings. The molecule has 1 aromatic rings. The van der Waals surface area contributed by atoms with Crippen molar-refractivity contribution in [3.8, 4) is 6.07 Å². The van der Waals surface area contributed by atoms with Crippen molar-refractivity contribution in [2.45, 2.75) is 111 Å². The lowest BCUT2D eigenvalue weighted by Gasteiger charge is -2.69. The Morgan fingerprint density at radius 2 is 1.80 bits per heavy atom. The van der Waals surface area contributed by atoms with Crippen molar-refractivity contribution in [1.29, 1.82) is 5.26 Å². The summed E-state index contributed by atoms with van der Waals surface area (Å²) < 4.78 is 5.54. The summed E-state index contributed by atoms with van der Waals surface area (Å²) in [6.07, 6.45) is 9.90. The van der Waals surface area contributed by atoms with Gasteiger partial charge in [-0.15, -0.1) is 0 Å². The molecule has 0 radical (unpaired) electrons. The van der Waals surface area contributed by atoms with Gasteiger partial charge >= 0.3 is 0 Å². The van der Waals surface area contributed by atoms with Gasteiger partial charge in [0, 0.05) is 16.7 Å². The van der Waals surface area contributed by atoms with Crippen LogP contribution in [0.4, 0.5) is 0 Å². The minimum absolute atomic E-state index is 0.112. The number of ketones is 1. The van der Waals surface area contributed by atoms with E-state index in [1.807, 2.05) is 12.2 Å². The standard InChI is InChI=1S/C33H46N4O3/c1-28(2)10-12-33(27-36-24(18-35)40-37-27)13-11-32(7)25(20(33)16-28)21(38)14-23-30(5)15-19(17-34)26(39)29(3,4)22(30)8-9-31(23,32)6/h14-15,20,22,25-26,39H,8-13,16,18,35H2,1-7H3/t20-,22-,25-,26?,30-,31+,32+,33-/m0/s1. The third-order valence-corrected chi connectivity index (χ3v) is 13.2. The number of fused-ring (bicyclic) bond motifs is 7. The molecule has 3 saturated carbocycles. The first kappa shape index (κ1) is 27.8. The second-order valence-corrected chi connectivity index (χ2v) is 15.8. The van der Waals surface area contributed by atoms with Gasteiger partial charge in [-0.1, -0.05) is 65.3 Å². The van der Waals surface area contributed by atoms with Gasteiger partial charge < -0.3 is 15.4 Å². The molecule has 5 aliphatic carbocycles. The molecule has 0 aromatic carbocycles. The lowest BCUT2D eigenvalue weighted by Crippen LogP contribution is -2.65. The smallest absolute Gasteiger partial charge is 0.240 e. The molecule has 40 heavy (non-hydrogen) atoms. The van der Waals surface area contributed by atoms with E-state index in [1.165, 1.54) is 5.57 Å². The Labute approximate surface area is 238 Å². The number of hydrogen-bond donors (Lipinski definition) is 2. The number of aromatic nitrogens is 2. The van der Waals surface area contributed by atoms with Crippen LogP contribution in [0.5, 0.6) is 0 Å². The number of nitriles is 1. The quantitative estimate of drug-likeness (QED) is 0.481. The number of hydrogen-bond acceptors (Lipinski definition) is 7. The molecule has 216 valence electrons. The summed E-state index contributed by atoms with van der Waals surface area (Å²) in [7, 11) is 0. The zero-order valence-electron chi connectivity index (χ0n) is 25.3. The number of aliphatic hydroxyl groups is 1. The number of allylic oxidation sites excluding steroid dienone is 3. The van der Waals surface area contributed by atoms with Gasteiger partial charge in [-0.3, -0.25) is 4.79 Å². The Balaban J connectivity index is 1.52. The lowest BCUT2D eigenvalue weighted by atomic mass is 9.34. The maximum atomic E-state index is 14.6. The van der Waals surface area contributed by atoms with Crippen molar-refractivity contribution >= 4 is 5.78 Å².